The molecule has 0 aliphatic rings. The Kier molecular flexibility index (Phi) is 20.5. The summed E-state index contributed by atoms with van der Waals surface area (Å²) in [5.41, 5.74) is 14.6. The van der Waals surface area contributed by atoms with Crippen molar-refractivity contribution in [1.82, 2.24) is 0 Å². The van der Waals surface area contributed by atoms with Crippen LogP contribution in [0.1, 0.15) is 0 Å². The largest absolute Gasteiger partial charge is 0.460 e. The topological polar surface area (TPSA) is 26.3 Å². The molecule has 15 aromatic carbocycles. The number of hydrogen-bond donors (Lipinski definition) is 0. The third-order valence-corrected chi connectivity index (χ3v) is 21.5. The molecule has 590 valence electrons. The Labute approximate surface area is 647 Å². The van der Waals surface area contributed by atoms with Crippen LogP contribution in [0.3, 0.4) is 0 Å². The maximum Gasteiger partial charge on any atom is 0.460 e. The molecular formula is C90H52F23O2S+. The predicted octanol–water partition coefficient (Wildman–Crippen LogP) is 28.3. The van der Waals surface area contributed by atoms with Gasteiger partial charge in [0, 0.05) is 34.0 Å². The van der Waals surface area contributed by atoms with Gasteiger partial charge in [0.15, 0.2) is 9.79 Å². The van der Waals surface area contributed by atoms with Crippen LogP contribution in [-0.4, -0.2) is 71.4 Å². The Bertz CT molecular complexity index is 5780. The van der Waals surface area contributed by atoms with Crippen LogP contribution >= 0.6 is 0 Å². The van der Waals surface area contributed by atoms with Gasteiger partial charge in [-0.15, -0.1) is 0 Å². The van der Waals surface area contributed by atoms with Crippen LogP contribution in [0.2, 0.25) is 0 Å². The second-order valence-electron chi connectivity index (χ2n) is 27.1. The third-order valence-electron chi connectivity index (χ3n) is 20.1. The summed E-state index contributed by atoms with van der Waals surface area (Å²) in [5.74, 6) is -95.1. The van der Waals surface area contributed by atoms with Gasteiger partial charge >= 0.3 is 71.4 Å². The van der Waals surface area contributed by atoms with Crippen molar-refractivity contribution >= 4 is 82.4 Å². The first kappa shape index (κ1) is 80.7. The van der Waals surface area contributed by atoms with Crippen LogP contribution in [0, 0.1) is 0 Å². The molecule has 0 unspecified atom stereocenters. The summed E-state index contributed by atoms with van der Waals surface area (Å²) in [6, 6.07) is 107. The summed E-state index contributed by atoms with van der Waals surface area (Å²) < 4.78 is 310. The van der Waals surface area contributed by atoms with Crippen molar-refractivity contribution in [2.24, 2.45) is 0 Å². The van der Waals surface area contributed by atoms with E-state index in [-0.39, 0.29) is 0 Å². The summed E-state index contributed by atoms with van der Waals surface area (Å²) >= 11 is 1.08. The molecule has 15 rings (SSSR count). The zero-order valence-electron chi connectivity index (χ0n) is 58.9. The van der Waals surface area contributed by atoms with Crippen molar-refractivity contribution in [2.45, 2.75) is 75.2 Å². The molecule has 0 aliphatic carbocycles. The minimum absolute atomic E-state index is 0.383. The number of rotatable bonds is 19. The number of carbonyl (C=O) groups excluding carboxylic acids is 1. The Hall–Kier alpha value is -11.9. The van der Waals surface area contributed by atoms with Gasteiger partial charge in [-0.2, -0.15) is 101 Å². The van der Waals surface area contributed by atoms with Gasteiger partial charge in [0.05, 0.1) is 0 Å². The Morgan fingerprint density at radius 2 is 0.422 bits per heavy atom. The molecule has 0 atom stereocenters. The summed E-state index contributed by atoms with van der Waals surface area (Å²) in [7, 11) is 0. The van der Waals surface area contributed by atoms with Crippen LogP contribution in [0.4, 0.5) is 101 Å². The van der Waals surface area contributed by atoms with Gasteiger partial charge in [-0.05, 0) is 146 Å². The van der Waals surface area contributed by atoms with E-state index in [4.69, 9.17) is 0 Å². The van der Waals surface area contributed by atoms with Crippen molar-refractivity contribution in [2.75, 3.05) is 0 Å². The van der Waals surface area contributed by atoms with E-state index in [0.29, 0.717) is 12.1 Å². The van der Waals surface area contributed by atoms with Gasteiger partial charge in [0.25, 0.3) is 0 Å². The van der Waals surface area contributed by atoms with Crippen molar-refractivity contribution in [3.63, 3.8) is 0 Å². The molecule has 0 radical (unpaired) electrons. The van der Waals surface area contributed by atoms with Crippen LogP contribution in [-0.2, 0) is 16.6 Å². The first-order valence-electron chi connectivity index (χ1n) is 34.8. The molecule has 0 fully saturated rings. The van der Waals surface area contributed by atoms with E-state index >= 15 is 0 Å². The lowest BCUT2D eigenvalue weighted by atomic mass is 9.85. The fourth-order valence-electron chi connectivity index (χ4n) is 14.1. The van der Waals surface area contributed by atoms with Crippen molar-refractivity contribution in [1.29, 1.82) is 0 Å². The molecule has 15 aromatic rings. The van der Waals surface area contributed by atoms with Crippen LogP contribution in [0.25, 0.3) is 131 Å². The SMILES string of the molecule is O=C(Oc1ccccc1)C(F)(F)C(F)(F)C(F)(F)C(F)(F)C(F)(F)C(F)(F)C(F)(F)C(F)(F)C(F)(F)C(F)(F)C(F)(F)F.c1ccc2c(-c3cc(-c4cccc5ccccc45)c([SH+]c4c(-c5cccc6ccccc56)cc(-c5cccc6ccccc56)cc4-c4cccc5ccccc45)c(-c4cccc5ccccc45)c3)cccc2c1. The zero-order chi connectivity index (χ0) is 83.1. The van der Waals surface area contributed by atoms with Crippen molar-refractivity contribution in [3.05, 3.63) is 309 Å². The van der Waals surface area contributed by atoms with E-state index < -0.39 is 77.1 Å². The second-order valence-corrected chi connectivity index (χ2v) is 28.2. The summed E-state index contributed by atoms with van der Waals surface area (Å²) in [5, 5.41) is 14.7. The first-order valence-corrected chi connectivity index (χ1v) is 35.7. The maximum atomic E-state index is 13.8. The number of fused-ring (bicyclic) bond motifs is 6. The molecule has 0 saturated heterocycles. The number of halogens is 23. The summed E-state index contributed by atoms with van der Waals surface area (Å²) in [4.78, 5) is 13.8. The van der Waals surface area contributed by atoms with E-state index in [1.165, 1.54) is 141 Å². The lowest BCUT2D eigenvalue weighted by Gasteiger charge is -2.44. The standard InChI is InChI=1S/C72H46S.C18H5F23O2/c1-7-31-55-47(19-1)25-13-37-61(55)53-43-67(63-39-15-27-49-21-3-9-33-57(49)63)71(68(44-53)64-40-16-28-50-22-4-10-34-58(50)64)73-72-69(65-41-17-29-51-23-5-11-35-59(51)65)45-54(62-38-14-26-48-20-2-8-32-56(48)62)46-70(72)66-42-18-30-52-24-6-12-36-60(52)66;19-8(20,7(42)43-6-4-2-1-3-5-6)9(21,22)10(23,24)11(25,26)12(27,28)13(29,30)14(31,32)15(33,34)16(35,36)17(37,38)18(39,40)41/h1-46H;1-5H/p+1. The molecule has 116 heavy (non-hydrogen) atoms. The molecular weight excluding hydrogens is 1580 g/mol. The van der Waals surface area contributed by atoms with Gasteiger partial charge in [-0.1, -0.05) is 273 Å². The van der Waals surface area contributed by atoms with Crippen LogP contribution < -0.4 is 4.74 Å². The molecule has 0 saturated carbocycles. The van der Waals surface area contributed by atoms with Gasteiger partial charge in [0.2, 0.25) is 0 Å². The molecule has 26 heteroatoms. The summed E-state index contributed by atoms with van der Waals surface area (Å²) in [6.07, 6.45) is -8.13. The molecule has 0 N–H and O–H groups in total. The number of carbonyl (C=O) groups is 1. The monoisotopic (exact) mass is 1630 g/mol. The number of ether oxygens (including phenoxy) is 1. The maximum absolute atomic E-state index is 13.8. The number of thiol groups is 1. The van der Waals surface area contributed by atoms with Crippen LogP contribution in [0.5, 0.6) is 5.75 Å². The minimum Gasteiger partial charge on any atom is -0.422 e. The number of benzene rings is 15. The zero-order valence-corrected chi connectivity index (χ0v) is 59.8. The molecule has 0 heterocycles. The van der Waals surface area contributed by atoms with E-state index in [9.17, 15) is 106 Å². The smallest absolute Gasteiger partial charge is 0.422 e. The highest BCUT2D eigenvalue weighted by atomic mass is 32.2. The van der Waals surface area contributed by atoms with E-state index in [0.717, 1.165) is 30.0 Å². The summed E-state index contributed by atoms with van der Waals surface area (Å²) in [6.45, 7) is 0. The average molecular weight is 1630 g/mol. The van der Waals surface area contributed by atoms with Gasteiger partial charge in [-0.25, -0.2) is 4.79 Å². The second kappa shape index (κ2) is 29.4. The molecule has 0 aliphatic heterocycles. The first-order chi connectivity index (χ1) is 54.7. The third kappa shape index (κ3) is 13.1. The van der Waals surface area contributed by atoms with E-state index in [2.05, 4.69) is 284 Å². The number of hydrogen-bond acceptors (Lipinski definition) is 2. The molecule has 0 bridgehead atoms. The number of alkyl halides is 23. The van der Waals surface area contributed by atoms with Crippen molar-refractivity contribution < 1.29 is 111 Å². The van der Waals surface area contributed by atoms with Crippen molar-refractivity contribution in [3.8, 4) is 72.5 Å². The van der Waals surface area contributed by atoms with E-state index in [1.54, 1.807) is 0 Å². The number of esters is 1. The van der Waals surface area contributed by atoms with Gasteiger partial charge in [0.1, 0.15) is 5.75 Å². The highest BCUT2D eigenvalue weighted by Gasteiger charge is 2.99. The average Bonchev–Trinajstić information content (AvgIpc) is 0.683. The normalized spacial score (nSPS) is 13.2. The molecule has 2 nitrogen and oxygen atoms in total. The van der Waals surface area contributed by atoms with Crippen LogP contribution in [0.15, 0.2) is 319 Å². The fourth-order valence-corrected chi connectivity index (χ4v) is 15.5. The lowest BCUT2D eigenvalue weighted by Crippen LogP contribution is -2.78. The predicted molar refractivity (Wildman–Crippen MR) is 403 cm³/mol. The minimum atomic E-state index is -9.50. The van der Waals surface area contributed by atoms with E-state index in [1.807, 2.05) is 0 Å². The highest BCUT2D eigenvalue weighted by Crippen LogP contribution is 2.68. The fraction of sp³-hybridized carbons (Fsp3) is 0.122. The highest BCUT2D eigenvalue weighted by molar-refractivity contribution is 7.79. The molecule has 0 spiro atoms. The number of para-hydroxylation sites is 1. The Balaban J connectivity index is 0.000000223. The quantitative estimate of drug-likeness (QED) is 0.0265. The molecule has 0 aromatic heterocycles. The Morgan fingerprint density at radius 1 is 0.216 bits per heavy atom. The van der Waals surface area contributed by atoms with Gasteiger partial charge in [-0.3, -0.25) is 0 Å². The molecule has 0 amide bonds. The van der Waals surface area contributed by atoms with Gasteiger partial charge < -0.3 is 4.74 Å². The lowest BCUT2D eigenvalue weighted by molar-refractivity contribution is -0.477. The Morgan fingerprint density at radius 3 is 0.681 bits per heavy atom.